The number of thiazole rings is 1. The molecule has 0 bridgehead atoms. The van der Waals surface area contributed by atoms with E-state index in [1.54, 1.807) is 18.3 Å². The van der Waals surface area contributed by atoms with Crippen LogP contribution in [0.15, 0.2) is 27.3 Å². The highest BCUT2D eigenvalue weighted by molar-refractivity contribution is 8.00. The number of nitrogens with zero attached hydrogens (tertiary/aromatic N) is 2. The molecule has 4 aromatic rings. The summed E-state index contributed by atoms with van der Waals surface area (Å²) in [7, 11) is 1.54. The molecule has 4 rings (SSSR count). The first-order valence-corrected chi connectivity index (χ1v) is 12.5. The van der Waals surface area contributed by atoms with Gasteiger partial charge in [-0.05, 0) is 37.6 Å². The molecule has 32 heavy (non-hydrogen) atoms. The van der Waals surface area contributed by atoms with Gasteiger partial charge in [-0.2, -0.15) is 0 Å². The number of hydrogen-bond acceptors (Lipinski definition) is 10. The van der Waals surface area contributed by atoms with Crippen LogP contribution in [0.25, 0.3) is 20.4 Å². The summed E-state index contributed by atoms with van der Waals surface area (Å²) in [5.41, 5.74) is 1.22. The maximum absolute atomic E-state index is 12.7. The number of nitrogens with one attached hydrogen (secondary N) is 1. The van der Waals surface area contributed by atoms with Crippen LogP contribution in [0.5, 0.6) is 5.75 Å². The highest BCUT2D eigenvalue weighted by Gasteiger charge is 2.20. The van der Waals surface area contributed by atoms with Crippen molar-refractivity contribution < 1.29 is 19.0 Å². The van der Waals surface area contributed by atoms with Gasteiger partial charge in [0.15, 0.2) is 4.34 Å². The summed E-state index contributed by atoms with van der Waals surface area (Å²) in [6, 6.07) is 5.83. The third-order valence-corrected chi connectivity index (χ3v) is 7.88. The Morgan fingerprint density at radius 2 is 2.06 bits per heavy atom. The summed E-state index contributed by atoms with van der Waals surface area (Å²) >= 11 is 4.23. The number of hydrogen-bond donors (Lipinski definition) is 1. The topological polar surface area (TPSA) is 103 Å². The Morgan fingerprint density at radius 1 is 1.22 bits per heavy atom. The predicted molar refractivity (Wildman–Crippen MR) is 127 cm³/mol. The van der Waals surface area contributed by atoms with Crippen LogP contribution < -0.4 is 10.3 Å². The summed E-state index contributed by atoms with van der Waals surface area (Å²) < 4.78 is 17.6. The Kier molecular flexibility index (Phi) is 7.09. The number of fused-ring (bicyclic) bond motifs is 2. The Balaban J connectivity index is 1.53. The highest BCUT2D eigenvalue weighted by Crippen LogP contribution is 2.33. The smallest absolute Gasteiger partial charge is 0.348 e. The molecule has 0 atom stereocenters. The van der Waals surface area contributed by atoms with Gasteiger partial charge >= 0.3 is 5.97 Å². The lowest BCUT2D eigenvalue weighted by Crippen LogP contribution is -2.12. The molecule has 0 saturated heterocycles. The normalized spacial score (nSPS) is 11.3. The Hall–Kier alpha value is -2.47. The summed E-state index contributed by atoms with van der Waals surface area (Å²) in [5.74, 6) is 1.33. The number of carbonyl (C=O) groups excluding carboxylic acids is 1. The molecular formula is C21H21N3O5S3. The van der Waals surface area contributed by atoms with E-state index in [1.807, 2.05) is 25.1 Å². The minimum atomic E-state index is -0.473. The molecule has 0 amide bonds. The quantitative estimate of drug-likeness (QED) is 0.209. The van der Waals surface area contributed by atoms with Crippen molar-refractivity contribution in [3.8, 4) is 5.75 Å². The first-order chi connectivity index (χ1) is 15.5. The first-order valence-electron chi connectivity index (χ1n) is 9.84. The van der Waals surface area contributed by atoms with E-state index in [0.717, 1.165) is 20.3 Å². The zero-order valence-corrected chi connectivity index (χ0v) is 20.2. The molecule has 0 fully saturated rings. The van der Waals surface area contributed by atoms with Crippen molar-refractivity contribution >= 4 is 60.8 Å². The van der Waals surface area contributed by atoms with Crippen molar-refractivity contribution in [2.45, 2.75) is 23.9 Å². The fourth-order valence-corrected chi connectivity index (χ4v) is 6.13. The van der Waals surface area contributed by atoms with Crippen LogP contribution in [0.3, 0.4) is 0 Å². The molecule has 1 N–H and O–H groups in total. The van der Waals surface area contributed by atoms with Crippen LogP contribution in [-0.4, -0.2) is 47.9 Å². The van der Waals surface area contributed by atoms with Crippen LogP contribution in [0.4, 0.5) is 0 Å². The zero-order valence-electron chi connectivity index (χ0n) is 17.7. The summed E-state index contributed by atoms with van der Waals surface area (Å²) in [4.78, 5) is 37.9. The fraction of sp³-hybridized carbons (Fsp3) is 0.333. The van der Waals surface area contributed by atoms with Crippen molar-refractivity contribution in [2.75, 3.05) is 26.9 Å². The Bertz CT molecular complexity index is 1330. The number of aromatic nitrogens is 3. The van der Waals surface area contributed by atoms with Gasteiger partial charge < -0.3 is 19.2 Å². The van der Waals surface area contributed by atoms with Crippen LogP contribution in [0.2, 0.25) is 0 Å². The number of benzene rings is 1. The second kappa shape index (κ2) is 9.99. The van der Waals surface area contributed by atoms with E-state index in [9.17, 15) is 9.59 Å². The van der Waals surface area contributed by atoms with Crippen LogP contribution in [0, 0.1) is 6.92 Å². The molecule has 0 spiro atoms. The number of rotatable bonds is 9. The van der Waals surface area contributed by atoms with Gasteiger partial charge in [-0.3, -0.25) is 4.79 Å². The number of thiophene rings is 1. The van der Waals surface area contributed by atoms with Crippen LogP contribution >= 0.6 is 34.4 Å². The summed E-state index contributed by atoms with van der Waals surface area (Å²) in [6.45, 7) is 4.76. The molecule has 0 aliphatic heterocycles. The van der Waals surface area contributed by atoms with Gasteiger partial charge in [-0.15, -0.1) is 22.7 Å². The zero-order chi connectivity index (χ0) is 22.7. The highest BCUT2D eigenvalue weighted by atomic mass is 32.2. The molecule has 11 heteroatoms. The largest absolute Gasteiger partial charge is 0.494 e. The van der Waals surface area contributed by atoms with Gasteiger partial charge in [0.25, 0.3) is 5.56 Å². The van der Waals surface area contributed by atoms with E-state index < -0.39 is 5.97 Å². The second-order valence-electron chi connectivity index (χ2n) is 6.71. The van der Waals surface area contributed by atoms with Crippen molar-refractivity contribution in [3.63, 3.8) is 0 Å². The molecule has 0 aliphatic rings. The van der Waals surface area contributed by atoms with Gasteiger partial charge in [0, 0.05) is 7.11 Å². The van der Waals surface area contributed by atoms with Crippen molar-refractivity contribution in [1.29, 1.82) is 0 Å². The maximum atomic E-state index is 12.7. The molecule has 3 aromatic heterocycles. The number of H-pyrrole nitrogens is 1. The number of thioether (sulfide) groups is 1. The van der Waals surface area contributed by atoms with Gasteiger partial charge in [-0.25, -0.2) is 14.8 Å². The Labute approximate surface area is 195 Å². The van der Waals surface area contributed by atoms with E-state index >= 15 is 0 Å². The number of aryl methyl sites for hydroxylation is 1. The monoisotopic (exact) mass is 491 g/mol. The van der Waals surface area contributed by atoms with Gasteiger partial charge in [-0.1, -0.05) is 11.8 Å². The molecule has 0 aliphatic carbocycles. The molecule has 0 saturated carbocycles. The lowest BCUT2D eigenvalue weighted by atomic mass is 10.2. The summed E-state index contributed by atoms with van der Waals surface area (Å²) in [6.07, 6.45) is 0. The minimum absolute atomic E-state index is 0.156. The van der Waals surface area contributed by atoms with E-state index in [-0.39, 0.29) is 12.2 Å². The molecule has 168 valence electrons. The van der Waals surface area contributed by atoms with Gasteiger partial charge in [0.2, 0.25) is 0 Å². The molecule has 0 unspecified atom stereocenters. The van der Waals surface area contributed by atoms with Gasteiger partial charge in [0.05, 0.1) is 34.6 Å². The van der Waals surface area contributed by atoms with Crippen LogP contribution in [-0.2, 0) is 15.2 Å². The van der Waals surface area contributed by atoms with E-state index in [1.165, 1.54) is 30.2 Å². The van der Waals surface area contributed by atoms with Crippen molar-refractivity contribution in [3.05, 3.63) is 44.8 Å². The number of ether oxygens (including phenoxy) is 3. The Morgan fingerprint density at radius 3 is 2.84 bits per heavy atom. The fourth-order valence-electron chi connectivity index (χ4n) is 3.07. The SMILES string of the molecule is CCOc1ccc2nc(SCc3nc4sc(C(=O)OCCOC)c(C)c4c(=O)[nH]3)sc2c1. The second-order valence-corrected chi connectivity index (χ2v) is 9.96. The third-order valence-electron chi connectivity index (χ3n) is 4.54. The standard InChI is InChI=1S/C21H21N3O5S3/c1-4-28-12-5-6-13-14(9-12)31-21(22-13)30-10-15-23-18(25)16-11(2)17(32-19(16)24-15)20(26)29-8-7-27-3/h5-6,9H,4,7-8,10H2,1-3H3,(H,23,24,25). The van der Waals surface area contributed by atoms with Gasteiger partial charge in [0.1, 0.15) is 27.9 Å². The van der Waals surface area contributed by atoms with E-state index in [2.05, 4.69) is 15.0 Å². The molecule has 3 heterocycles. The summed E-state index contributed by atoms with van der Waals surface area (Å²) in [5, 5.41) is 0.422. The molecule has 1 aromatic carbocycles. The molecule has 0 radical (unpaired) electrons. The van der Waals surface area contributed by atoms with Crippen LogP contribution in [0.1, 0.15) is 28.0 Å². The van der Waals surface area contributed by atoms with E-state index in [0.29, 0.717) is 45.4 Å². The number of aromatic amines is 1. The van der Waals surface area contributed by atoms with Crippen molar-refractivity contribution in [2.24, 2.45) is 0 Å². The average Bonchev–Trinajstić information content (AvgIpc) is 3.33. The predicted octanol–water partition coefficient (Wildman–Crippen LogP) is 4.40. The number of carbonyl (C=O) groups is 1. The molecular weight excluding hydrogens is 470 g/mol. The third kappa shape index (κ3) is 4.80. The van der Waals surface area contributed by atoms with E-state index in [4.69, 9.17) is 14.2 Å². The number of esters is 1. The lowest BCUT2D eigenvalue weighted by molar-refractivity contribution is 0.0393. The first kappa shape index (κ1) is 22.7. The minimum Gasteiger partial charge on any atom is -0.494 e. The van der Waals surface area contributed by atoms with Crippen molar-refractivity contribution in [1.82, 2.24) is 15.0 Å². The average molecular weight is 492 g/mol. The molecule has 8 nitrogen and oxygen atoms in total. The lowest BCUT2D eigenvalue weighted by Gasteiger charge is -2.02. The maximum Gasteiger partial charge on any atom is 0.348 e. The number of methoxy groups -OCH3 is 1.